The zero-order valence-electron chi connectivity index (χ0n) is 9.36. The summed E-state index contributed by atoms with van der Waals surface area (Å²) >= 11 is 0. The molecule has 1 N–H and O–H groups in total. The minimum absolute atomic E-state index is 0.00292. The number of hydrogen-bond donors (Lipinski definition) is 1. The van der Waals surface area contributed by atoms with Crippen LogP contribution in [0.3, 0.4) is 0 Å². The molecule has 0 aliphatic heterocycles. The molecule has 0 aliphatic carbocycles. The number of nitrogens with zero attached hydrogens (tertiary/aromatic N) is 1. The Labute approximate surface area is 98.2 Å². The number of hydrogen-bond acceptors (Lipinski definition) is 4. The first kappa shape index (κ1) is 13.1. The number of rotatable bonds is 4. The van der Waals surface area contributed by atoms with E-state index in [9.17, 15) is 9.18 Å². The Kier molecular flexibility index (Phi) is 4.61. The van der Waals surface area contributed by atoms with Gasteiger partial charge in [-0.25, -0.2) is 4.39 Å². The lowest BCUT2D eigenvalue weighted by molar-refractivity contribution is -0.142. The van der Waals surface area contributed by atoms with Gasteiger partial charge in [0.2, 0.25) is 0 Å². The highest BCUT2D eigenvalue weighted by Crippen LogP contribution is 2.17. The second kappa shape index (κ2) is 5.97. The molecule has 0 spiro atoms. The molecular formula is C12H12FNO3. The fourth-order valence-electron chi connectivity index (χ4n) is 1.42. The van der Waals surface area contributed by atoms with Crippen LogP contribution < -0.4 is 0 Å². The van der Waals surface area contributed by atoms with Crippen LogP contribution in [0.15, 0.2) is 12.1 Å². The van der Waals surface area contributed by atoms with Crippen LogP contribution in [-0.2, 0) is 22.6 Å². The number of ether oxygens (including phenoxy) is 1. The summed E-state index contributed by atoms with van der Waals surface area (Å²) in [5.74, 6) is -1.26. The van der Waals surface area contributed by atoms with E-state index < -0.39 is 11.8 Å². The monoisotopic (exact) mass is 237 g/mol. The summed E-state index contributed by atoms with van der Waals surface area (Å²) in [6.45, 7) is 1.50. The molecule has 1 aromatic carbocycles. The Morgan fingerprint density at radius 3 is 2.82 bits per heavy atom. The highest BCUT2D eigenvalue weighted by atomic mass is 19.1. The standard InChI is InChI=1S/C12H12FNO3/c1-2-17-12(16)5-10-9(6-14)3-8(7-15)4-11(10)13/h3-4,15H,2,5,7H2,1H3. The molecule has 0 fully saturated rings. The van der Waals surface area contributed by atoms with Gasteiger partial charge in [0.1, 0.15) is 5.82 Å². The van der Waals surface area contributed by atoms with Crippen molar-refractivity contribution >= 4 is 5.97 Å². The second-order valence-corrected chi connectivity index (χ2v) is 3.36. The van der Waals surface area contributed by atoms with E-state index in [1.54, 1.807) is 13.0 Å². The van der Waals surface area contributed by atoms with E-state index in [1.807, 2.05) is 0 Å². The van der Waals surface area contributed by atoms with Crippen LogP contribution in [0.1, 0.15) is 23.6 Å². The first-order valence-electron chi connectivity index (χ1n) is 5.10. The fourth-order valence-corrected chi connectivity index (χ4v) is 1.42. The van der Waals surface area contributed by atoms with Gasteiger partial charge < -0.3 is 9.84 Å². The van der Waals surface area contributed by atoms with Crippen molar-refractivity contribution in [3.63, 3.8) is 0 Å². The lowest BCUT2D eigenvalue weighted by atomic mass is 10.0. The molecule has 0 bridgehead atoms. The van der Waals surface area contributed by atoms with Crippen molar-refractivity contribution in [2.45, 2.75) is 20.0 Å². The topological polar surface area (TPSA) is 70.3 Å². The van der Waals surface area contributed by atoms with Crippen molar-refractivity contribution in [2.24, 2.45) is 0 Å². The number of carbonyl (C=O) groups is 1. The van der Waals surface area contributed by atoms with E-state index in [-0.39, 0.29) is 30.8 Å². The molecule has 1 rings (SSSR count). The summed E-state index contributed by atoms with van der Waals surface area (Å²) in [4.78, 5) is 11.2. The zero-order valence-corrected chi connectivity index (χ0v) is 9.36. The summed E-state index contributed by atoms with van der Waals surface area (Å²) in [5, 5.41) is 17.7. The van der Waals surface area contributed by atoms with Gasteiger partial charge in [0, 0.05) is 5.56 Å². The van der Waals surface area contributed by atoms with Crippen LogP contribution in [0.2, 0.25) is 0 Å². The largest absolute Gasteiger partial charge is 0.466 e. The van der Waals surface area contributed by atoms with Crippen molar-refractivity contribution in [1.82, 2.24) is 0 Å². The number of aliphatic hydroxyl groups is 1. The lowest BCUT2D eigenvalue weighted by Crippen LogP contribution is -2.10. The predicted molar refractivity (Wildman–Crippen MR) is 57.4 cm³/mol. The lowest BCUT2D eigenvalue weighted by Gasteiger charge is -2.07. The number of esters is 1. The first-order valence-corrected chi connectivity index (χ1v) is 5.10. The smallest absolute Gasteiger partial charge is 0.310 e. The molecule has 5 heteroatoms. The molecule has 0 saturated carbocycles. The van der Waals surface area contributed by atoms with Gasteiger partial charge in [-0.05, 0) is 24.6 Å². The van der Waals surface area contributed by atoms with Gasteiger partial charge in [0.15, 0.2) is 0 Å². The number of halogens is 1. The highest BCUT2D eigenvalue weighted by Gasteiger charge is 2.15. The zero-order chi connectivity index (χ0) is 12.8. The van der Waals surface area contributed by atoms with Gasteiger partial charge in [-0.1, -0.05) is 0 Å². The summed E-state index contributed by atoms with van der Waals surface area (Å²) in [5.41, 5.74) is 0.344. The van der Waals surface area contributed by atoms with E-state index in [4.69, 9.17) is 15.1 Å². The molecule has 0 unspecified atom stereocenters. The van der Waals surface area contributed by atoms with Gasteiger partial charge in [0.25, 0.3) is 0 Å². The Bertz CT molecular complexity index is 466. The molecule has 0 amide bonds. The van der Waals surface area contributed by atoms with Crippen molar-refractivity contribution in [2.75, 3.05) is 6.61 Å². The molecule has 4 nitrogen and oxygen atoms in total. The third-order valence-electron chi connectivity index (χ3n) is 2.18. The molecule has 0 radical (unpaired) electrons. The minimum atomic E-state index is -0.679. The normalized spacial score (nSPS) is 9.76. The van der Waals surface area contributed by atoms with Crippen LogP contribution in [0, 0.1) is 17.1 Å². The van der Waals surface area contributed by atoms with Crippen LogP contribution in [-0.4, -0.2) is 17.7 Å². The molecule has 0 atom stereocenters. The molecule has 90 valence electrons. The Morgan fingerprint density at radius 2 is 2.29 bits per heavy atom. The van der Waals surface area contributed by atoms with Crippen LogP contribution in [0.5, 0.6) is 0 Å². The summed E-state index contributed by atoms with van der Waals surface area (Å²) in [6, 6.07) is 4.27. The van der Waals surface area contributed by atoms with Gasteiger partial charge in [0.05, 0.1) is 31.3 Å². The predicted octanol–water partition coefficient (Wildman–Crippen LogP) is 1.30. The van der Waals surface area contributed by atoms with Crippen LogP contribution in [0.25, 0.3) is 0 Å². The molecule has 0 heterocycles. The van der Waals surface area contributed by atoms with Crippen molar-refractivity contribution in [3.05, 3.63) is 34.6 Å². The van der Waals surface area contributed by atoms with Gasteiger partial charge in [-0.2, -0.15) is 5.26 Å². The average Bonchev–Trinajstić information content (AvgIpc) is 2.31. The molecule has 0 saturated heterocycles. The quantitative estimate of drug-likeness (QED) is 0.801. The maximum atomic E-state index is 13.6. The molecule has 17 heavy (non-hydrogen) atoms. The number of carbonyl (C=O) groups excluding carboxylic acids is 1. The Hall–Kier alpha value is -1.93. The van der Waals surface area contributed by atoms with Crippen LogP contribution in [0.4, 0.5) is 4.39 Å². The average molecular weight is 237 g/mol. The molecular weight excluding hydrogens is 225 g/mol. The number of benzene rings is 1. The van der Waals surface area contributed by atoms with Crippen molar-refractivity contribution in [3.8, 4) is 6.07 Å². The van der Waals surface area contributed by atoms with E-state index in [1.165, 1.54) is 6.07 Å². The fraction of sp³-hybridized carbons (Fsp3) is 0.333. The highest BCUT2D eigenvalue weighted by molar-refractivity contribution is 5.73. The minimum Gasteiger partial charge on any atom is -0.466 e. The molecule has 0 aliphatic rings. The van der Waals surface area contributed by atoms with E-state index >= 15 is 0 Å². The summed E-state index contributed by atoms with van der Waals surface area (Å²) in [7, 11) is 0. The van der Waals surface area contributed by atoms with Gasteiger partial charge in [-0.3, -0.25) is 4.79 Å². The molecule has 1 aromatic rings. The van der Waals surface area contributed by atoms with E-state index in [2.05, 4.69) is 0 Å². The number of aliphatic hydroxyl groups excluding tert-OH is 1. The SMILES string of the molecule is CCOC(=O)Cc1c(F)cc(CO)cc1C#N. The van der Waals surface area contributed by atoms with Crippen LogP contribution >= 0.6 is 0 Å². The van der Waals surface area contributed by atoms with Crippen molar-refractivity contribution < 1.29 is 19.0 Å². The van der Waals surface area contributed by atoms with Crippen molar-refractivity contribution in [1.29, 1.82) is 5.26 Å². The summed E-state index contributed by atoms with van der Waals surface area (Å²) < 4.78 is 18.3. The second-order valence-electron chi connectivity index (χ2n) is 3.36. The van der Waals surface area contributed by atoms with E-state index in [0.29, 0.717) is 5.56 Å². The Morgan fingerprint density at radius 1 is 1.59 bits per heavy atom. The maximum Gasteiger partial charge on any atom is 0.310 e. The third-order valence-corrected chi connectivity index (χ3v) is 2.18. The summed E-state index contributed by atoms with van der Waals surface area (Å²) in [6.07, 6.45) is -0.283. The third kappa shape index (κ3) is 3.26. The number of nitriles is 1. The van der Waals surface area contributed by atoms with E-state index in [0.717, 1.165) is 6.07 Å². The maximum absolute atomic E-state index is 13.6. The van der Waals surface area contributed by atoms with Gasteiger partial charge >= 0.3 is 5.97 Å². The van der Waals surface area contributed by atoms with Gasteiger partial charge in [-0.15, -0.1) is 0 Å². The molecule has 0 aromatic heterocycles. The first-order chi connectivity index (χ1) is 8.12. The Balaban J connectivity index is 3.07.